The second-order valence-electron chi connectivity index (χ2n) is 5.46. The number of cyclic esters (lactones) is 1. The second kappa shape index (κ2) is 7.09. The van der Waals surface area contributed by atoms with E-state index in [1.807, 2.05) is 0 Å². The molecule has 1 unspecified atom stereocenters. The highest BCUT2D eigenvalue weighted by Crippen LogP contribution is 2.26. The Labute approximate surface area is 146 Å². The molecule has 3 rings (SSSR count). The van der Waals surface area contributed by atoms with Gasteiger partial charge in [-0.2, -0.15) is 5.10 Å². The molecule has 2 aliphatic heterocycles. The van der Waals surface area contributed by atoms with Gasteiger partial charge in [0.25, 0.3) is 5.91 Å². The molecule has 1 atom stereocenters. The van der Waals surface area contributed by atoms with Crippen LogP contribution < -0.4 is 15.6 Å². The molecule has 10 heteroatoms. The molecular formula is C15H15FN4O4S. The van der Waals surface area contributed by atoms with Gasteiger partial charge in [0.1, 0.15) is 17.0 Å². The van der Waals surface area contributed by atoms with Gasteiger partial charge in [-0.25, -0.2) is 14.6 Å². The number of rotatable bonds is 4. The van der Waals surface area contributed by atoms with E-state index < -0.39 is 18.0 Å². The van der Waals surface area contributed by atoms with Crippen LogP contribution >= 0.6 is 11.8 Å². The van der Waals surface area contributed by atoms with Gasteiger partial charge in [0.2, 0.25) is 5.91 Å². The van der Waals surface area contributed by atoms with Crippen molar-refractivity contribution >= 4 is 40.4 Å². The van der Waals surface area contributed by atoms with Gasteiger partial charge in [-0.1, -0.05) is 11.8 Å². The highest BCUT2D eigenvalue weighted by molar-refractivity contribution is 8.15. The normalized spacial score (nSPS) is 20.0. The number of hydrogen-bond donors (Lipinski definition) is 2. The number of hydrazone groups is 1. The van der Waals surface area contributed by atoms with Crippen LogP contribution in [0.4, 0.5) is 14.9 Å². The summed E-state index contributed by atoms with van der Waals surface area (Å²) in [5, 5.41) is 6.78. The van der Waals surface area contributed by atoms with E-state index in [1.165, 1.54) is 24.0 Å². The van der Waals surface area contributed by atoms with E-state index in [1.54, 1.807) is 6.07 Å². The van der Waals surface area contributed by atoms with Crippen LogP contribution in [0.1, 0.15) is 12.5 Å². The fraction of sp³-hybridized carbons (Fsp3) is 0.333. The van der Waals surface area contributed by atoms with Gasteiger partial charge in [0.15, 0.2) is 0 Å². The number of halogens is 1. The molecule has 1 saturated heterocycles. The highest BCUT2D eigenvalue weighted by Gasteiger charge is 2.33. The fourth-order valence-corrected chi connectivity index (χ4v) is 3.15. The predicted molar refractivity (Wildman–Crippen MR) is 89.8 cm³/mol. The van der Waals surface area contributed by atoms with Gasteiger partial charge in [0.05, 0.1) is 24.5 Å². The molecule has 2 aliphatic rings. The first-order valence-corrected chi connectivity index (χ1v) is 8.44. The molecule has 0 spiro atoms. The molecule has 0 saturated carbocycles. The summed E-state index contributed by atoms with van der Waals surface area (Å²) in [6.45, 7) is 1.78. The Morgan fingerprint density at radius 1 is 1.52 bits per heavy atom. The molecule has 8 nitrogen and oxygen atoms in total. The number of benzene rings is 1. The number of nitrogens with one attached hydrogen (secondary N) is 2. The third kappa shape index (κ3) is 3.90. The molecular weight excluding hydrogens is 351 g/mol. The number of carbonyl (C=O) groups is 3. The van der Waals surface area contributed by atoms with Gasteiger partial charge in [-0.05, 0) is 18.2 Å². The summed E-state index contributed by atoms with van der Waals surface area (Å²) in [6.07, 6.45) is -1.09. The second-order valence-corrected chi connectivity index (χ2v) is 6.42. The Morgan fingerprint density at radius 3 is 2.96 bits per heavy atom. The number of carbonyl (C=O) groups excluding carboxylic acids is 3. The molecule has 3 amide bonds. The Bertz CT molecular complexity index is 770. The van der Waals surface area contributed by atoms with Crippen molar-refractivity contribution in [2.45, 2.75) is 13.0 Å². The van der Waals surface area contributed by atoms with Crippen LogP contribution in [0.15, 0.2) is 23.3 Å². The van der Waals surface area contributed by atoms with Crippen LogP contribution in [0.25, 0.3) is 0 Å². The molecule has 0 aromatic heterocycles. The van der Waals surface area contributed by atoms with Crippen LogP contribution in [-0.4, -0.2) is 47.9 Å². The first-order chi connectivity index (χ1) is 11.9. The van der Waals surface area contributed by atoms with Crippen molar-refractivity contribution in [3.05, 3.63) is 29.6 Å². The summed E-state index contributed by atoms with van der Waals surface area (Å²) < 4.78 is 19.6. The van der Waals surface area contributed by atoms with Crippen LogP contribution in [0.5, 0.6) is 0 Å². The minimum atomic E-state index is -0.598. The molecule has 1 aromatic carbocycles. The number of anilines is 1. The van der Waals surface area contributed by atoms with Gasteiger partial charge in [-0.15, -0.1) is 0 Å². The van der Waals surface area contributed by atoms with E-state index in [0.717, 1.165) is 11.8 Å². The van der Waals surface area contributed by atoms with Gasteiger partial charge < -0.3 is 10.1 Å². The number of amides is 3. The largest absolute Gasteiger partial charge is 0.442 e. The zero-order chi connectivity index (χ0) is 18.0. The minimum Gasteiger partial charge on any atom is -0.442 e. The first-order valence-electron chi connectivity index (χ1n) is 7.46. The molecule has 2 heterocycles. The summed E-state index contributed by atoms with van der Waals surface area (Å²) in [5.74, 6) is -0.847. The summed E-state index contributed by atoms with van der Waals surface area (Å²) in [5.41, 5.74) is 2.90. The lowest BCUT2D eigenvalue weighted by Gasteiger charge is -2.16. The molecule has 0 aliphatic carbocycles. The number of thioether (sulfide) groups is 1. The van der Waals surface area contributed by atoms with Crippen molar-refractivity contribution in [3.8, 4) is 0 Å². The average molecular weight is 366 g/mol. The van der Waals surface area contributed by atoms with Crippen molar-refractivity contribution in [2.24, 2.45) is 5.10 Å². The van der Waals surface area contributed by atoms with Crippen molar-refractivity contribution in [2.75, 3.05) is 23.7 Å². The zero-order valence-electron chi connectivity index (χ0n) is 13.2. The lowest BCUT2D eigenvalue weighted by Crippen LogP contribution is -2.33. The van der Waals surface area contributed by atoms with Gasteiger partial charge in [0, 0.05) is 12.5 Å². The lowest BCUT2D eigenvalue weighted by atomic mass is 10.2. The van der Waals surface area contributed by atoms with Crippen LogP contribution in [0, 0.1) is 5.82 Å². The van der Waals surface area contributed by atoms with Crippen molar-refractivity contribution in [1.82, 2.24) is 10.7 Å². The highest BCUT2D eigenvalue weighted by atomic mass is 32.2. The van der Waals surface area contributed by atoms with E-state index in [9.17, 15) is 18.8 Å². The summed E-state index contributed by atoms with van der Waals surface area (Å²) in [6, 6.07) is 4.30. The minimum absolute atomic E-state index is 0.170. The zero-order valence-corrected chi connectivity index (χ0v) is 14.1. The summed E-state index contributed by atoms with van der Waals surface area (Å²) in [4.78, 5) is 35.3. The summed E-state index contributed by atoms with van der Waals surface area (Å²) in [7, 11) is 0. The molecule has 132 valence electrons. The maximum Gasteiger partial charge on any atom is 0.414 e. The predicted octanol–water partition coefficient (Wildman–Crippen LogP) is 0.812. The smallest absolute Gasteiger partial charge is 0.414 e. The Hall–Kier alpha value is -2.62. The van der Waals surface area contributed by atoms with Crippen molar-refractivity contribution < 1.29 is 23.5 Å². The molecule has 1 aromatic rings. The van der Waals surface area contributed by atoms with E-state index >= 15 is 0 Å². The molecule has 1 fully saturated rings. The first kappa shape index (κ1) is 17.2. The standard InChI is InChI=1S/C15H15FN4O4S/c1-8(21)17-5-10-6-20(15(23)24-10)9-2-3-11(12(16)4-9)14-19-18-13(22)7-25-14/h2-4,10H,5-7H2,1H3,(H,17,21)(H,18,22). The molecule has 25 heavy (non-hydrogen) atoms. The number of nitrogens with zero attached hydrogens (tertiary/aromatic N) is 2. The molecule has 0 bridgehead atoms. The van der Waals surface area contributed by atoms with E-state index in [2.05, 4.69) is 15.8 Å². The fourth-order valence-electron chi connectivity index (χ4n) is 2.39. The average Bonchev–Trinajstić information content (AvgIpc) is 2.95. The van der Waals surface area contributed by atoms with E-state index in [-0.39, 0.29) is 36.2 Å². The van der Waals surface area contributed by atoms with E-state index in [4.69, 9.17) is 4.74 Å². The van der Waals surface area contributed by atoms with Crippen molar-refractivity contribution in [1.29, 1.82) is 0 Å². The maximum absolute atomic E-state index is 14.4. The third-order valence-electron chi connectivity index (χ3n) is 3.57. The van der Waals surface area contributed by atoms with Crippen LogP contribution in [0.3, 0.4) is 0 Å². The molecule has 2 N–H and O–H groups in total. The van der Waals surface area contributed by atoms with Crippen LogP contribution in [-0.2, 0) is 14.3 Å². The Morgan fingerprint density at radius 2 is 2.32 bits per heavy atom. The number of ether oxygens (including phenoxy) is 1. The lowest BCUT2D eigenvalue weighted by molar-refractivity contribution is -0.119. The quantitative estimate of drug-likeness (QED) is 0.822. The van der Waals surface area contributed by atoms with Gasteiger partial charge in [-0.3, -0.25) is 14.5 Å². The van der Waals surface area contributed by atoms with Gasteiger partial charge >= 0.3 is 6.09 Å². The topological polar surface area (TPSA) is 100 Å². The van der Waals surface area contributed by atoms with Crippen molar-refractivity contribution in [3.63, 3.8) is 0 Å². The Balaban J connectivity index is 1.73. The van der Waals surface area contributed by atoms with Crippen LogP contribution in [0.2, 0.25) is 0 Å². The summed E-state index contributed by atoms with van der Waals surface area (Å²) >= 11 is 1.14. The Kier molecular flexibility index (Phi) is 4.88. The molecule has 0 radical (unpaired) electrons. The monoisotopic (exact) mass is 366 g/mol. The third-order valence-corrected chi connectivity index (χ3v) is 4.56. The maximum atomic E-state index is 14.4. The number of hydrogen-bond acceptors (Lipinski definition) is 6. The SMILES string of the molecule is CC(=O)NCC1CN(c2ccc(C3=NNC(=O)CS3)c(F)c2)C(=O)O1. The van der Waals surface area contributed by atoms with E-state index in [0.29, 0.717) is 10.7 Å².